The summed E-state index contributed by atoms with van der Waals surface area (Å²) in [5.41, 5.74) is 1.30. The normalized spacial score (nSPS) is 11.1. The monoisotopic (exact) mass is 251 g/mol. The number of nitrogens with zero attached hydrogens (tertiary/aromatic N) is 1. The van der Waals surface area contributed by atoms with Crippen LogP contribution < -0.4 is 9.47 Å². The van der Waals surface area contributed by atoms with Crippen LogP contribution in [-0.4, -0.2) is 38.8 Å². The third kappa shape index (κ3) is 4.96. The van der Waals surface area contributed by atoms with Crippen LogP contribution in [0, 0.1) is 0 Å². The molecule has 1 rings (SSSR count). The van der Waals surface area contributed by atoms with Gasteiger partial charge in [-0.1, -0.05) is 6.07 Å². The van der Waals surface area contributed by atoms with Gasteiger partial charge in [-0.2, -0.15) is 0 Å². The maximum absolute atomic E-state index is 5.77. The highest BCUT2D eigenvalue weighted by molar-refractivity contribution is 5.43. The molecule has 0 unspecified atom stereocenters. The van der Waals surface area contributed by atoms with Crippen LogP contribution in [0.2, 0.25) is 0 Å². The molecule has 18 heavy (non-hydrogen) atoms. The first-order valence-electron chi connectivity index (χ1n) is 6.51. The molecule has 1 aromatic rings. The van der Waals surface area contributed by atoms with Gasteiger partial charge < -0.3 is 14.4 Å². The Hall–Kier alpha value is -1.22. The molecule has 0 saturated heterocycles. The van der Waals surface area contributed by atoms with Crippen LogP contribution in [0.4, 0.5) is 0 Å². The summed E-state index contributed by atoms with van der Waals surface area (Å²) in [5, 5.41) is 0. The largest absolute Gasteiger partial charge is 0.493 e. The van der Waals surface area contributed by atoms with Crippen LogP contribution in [0.5, 0.6) is 11.5 Å². The zero-order valence-corrected chi connectivity index (χ0v) is 12.2. The third-order valence-electron chi connectivity index (χ3n) is 2.66. The first kappa shape index (κ1) is 14.8. The van der Waals surface area contributed by atoms with E-state index in [9.17, 15) is 0 Å². The van der Waals surface area contributed by atoms with Crippen LogP contribution in [0.3, 0.4) is 0 Å². The topological polar surface area (TPSA) is 21.7 Å². The van der Waals surface area contributed by atoms with Gasteiger partial charge in [0.2, 0.25) is 0 Å². The lowest BCUT2D eigenvalue weighted by molar-refractivity contribution is 0.230. The van der Waals surface area contributed by atoms with Crippen LogP contribution in [0.1, 0.15) is 25.8 Å². The van der Waals surface area contributed by atoms with Crippen molar-refractivity contribution in [3.05, 3.63) is 23.8 Å². The van der Waals surface area contributed by atoms with Crippen molar-refractivity contribution in [2.45, 2.75) is 32.8 Å². The van der Waals surface area contributed by atoms with Crippen molar-refractivity contribution in [3.8, 4) is 11.5 Å². The summed E-state index contributed by atoms with van der Waals surface area (Å²) >= 11 is 0. The van der Waals surface area contributed by atoms with Gasteiger partial charge in [-0.3, -0.25) is 0 Å². The quantitative estimate of drug-likeness (QED) is 0.743. The Bertz CT molecular complexity index is 362. The van der Waals surface area contributed by atoms with E-state index in [4.69, 9.17) is 9.47 Å². The molecule has 3 nitrogen and oxygen atoms in total. The van der Waals surface area contributed by atoms with E-state index in [1.165, 1.54) is 5.56 Å². The van der Waals surface area contributed by atoms with Crippen LogP contribution >= 0.6 is 0 Å². The molecule has 0 spiro atoms. The predicted octanol–water partition coefficient (Wildman–Crippen LogP) is 2.98. The van der Waals surface area contributed by atoms with Gasteiger partial charge in [0.15, 0.2) is 11.5 Å². The standard InChI is InChI=1S/C15H25NO2/c1-12(2)18-15-11-13(7-6-10-16(3)4)8-9-14(15)17-5/h8-9,11-12H,6-7,10H2,1-5H3. The Morgan fingerprint density at radius 3 is 2.44 bits per heavy atom. The highest BCUT2D eigenvalue weighted by Gasteiger charge is 2.07. The Morgan fingerprint density at radius 1 is 1.17 bits per heavy atom. The van der Waals surface area contributed by atoms with Crippen molar-refractivity contribution in [3.63, 3.8) is 0 Å². The molecule has 0 amide bonds. The molecule has 1 aromatic carbocycles. The first-order chi connectivity index (χ1) is 8.52. The molecule has 0 N–H and O–H groups in total. The average molecular weight is 251 g/mol. The maximum Gasteiger partial charge on any atom is 0.161 e. The second-order valence-corrected chi connectivity index (χ2v) is 5.06. The molecule has 3 heteroatoms. The smallest absolute Gasteiger partial charge is 0.161 e. The molecule has 0 bridgehead atoms. The number of hydrogen-bond acceptors (Lipinski definition) is 3. The molecule has 0 aromatic heterocycles. The van der Waals surface area contributed by atoms with Crippen LogP contribution in [0.15, 0.2) is 18.2 Å². The second-order valence-electron chi connectivity index (χ2n) is 5.06. The van der Waals surface area contributed by atoms with E-state index < -0.39 is 0 Å². The zero-order chi connectivity index (χ0) is 13.5. The lowest BCUT2D eigenvalue weighted by Gasteiger charge is -2.15. The fraction of sp³-hybridized carbons (Fsp3) is 0.600. The minimum absolute atomic E-state index is 0.163. The highest BCUT2D eigenvalue weighted by Crippen LogP contribution is 2.29. The predicted molar refractivity (Wildman–Crippen MR) is 75.6 cm³/mol. The first-order valence-corrected chi connectivity index (χ1v) is 6.51. The molecular weight excluding hydrogens is 226 g/mol. The van der Waals surface area contributed by atoms with E-state index in [2.05, 4.69) is 31.1 Å². The number of ether oxygens (including phenoxy) is 2. The molecule has 0 fully saturated rings. The van der Waals surface area contributed by atoms with Crippen molar-refractivity contribution in [1.82, 2.24) is 4.90 Å². The third-order valence-corrected chi connectivity index (χ3v) is 2.66. The van der Waals surface area contributed by atoms with Gasteiger partial charge in [-0.05, 0) is 65.0 Å². The highest BCUT2D eigenvalue weighted by atomic mass is 16.5. The van der Waals surface area contributed by atoms with Crippen molar-refractivity contribution >= 4 is 0 Å². The van der Waals surface area contributed by atoms with Crippen molar-refractivity contribution in [1.29, 1.82) is 0 Å². The molecule has 0 aliphatic heterocycles. The fourth-order valence-electron chi connectivity index (χ4n) is 1.82. The van der Waals surface area contributed by atoms with Gasteiger partial charge in [0.05, 0.1) is 13.2 Å². The summed E-state index contributed by atoms with van der Waals surface area (Å²) in [6, 6.07) is 6.19. The van der Waals surface area contributed by atoms with E-state index in [1.54, 1.807) is 7.11 Å². The van der Waals surface area contributed by atoms with Crippen LogP contribution in [0.25, 0.3) is 0 Å². The minimum Gasteiger partial charge on any atom is -0.493 e. The summed E-state index contributed by atoms with van der Waals surface area (Å²) in [6.07, 6.45) is 2.38. The molecular formula is C15H25NO2. The Balaban J connectivity index is 2.69. The SMILES string of the molecule is COc1ccc(CCCN(C)C)cc1OC(C)C. The molecule has 102 valence electrons. The van der Waals surface area contributed by atoms with E-state index in [-0.39, 0.29) is 6.10 Å². The van der Waals surface area contributed by atoms with Gasteiger partial charge >= 0.3 is 0 Å². The molecule has 0 heterocycles. The average Bonchev–Trinajstić information content (AvgIpc) is 2.28. The van der Waals surface area contributed by atoms with Gasteiger partial charge in [-0.25, -0.2) is 0 Å². The van der Waals surface area contributed by atoms with E-state index in [1.807, 2.05) is 19.9 Å². The van der Waals surface area contributed by atoms with Crippen molar-refractivity contribution < 1.29 is 9.47 Å². The minimum atomic E-state index is 0.163. The molecule has 0 aliphatic carbocycles. The van der Waals surface area contributed by atoms with Crippen molar-refractivity contribution in [2.24, 2.45) is 0 Å². The molecule has 0 atom stereocenters. The van der Waals surface area contributed by atoms with Gasteiger partial charge in [0.25, 0.3) is 0 Å². The van der Waals surface area contributed by atoms with Crippen LogP contribution in [-0.2, 0) is 6.42 Å². The van der Waals surface area contributed by atoms with Gasteiger partial charge in [-0.15, -0.1) is 0 Å². The van der Waals surface area contributed by atoms with Crippen molar-refractivity contribution in [2.75, 3.05) is 27.7 Å². The summed E-state index contributed by atoms with van der Waals surface area (Å²) in [7, 11) is 5.87. The summed E-state index contributed by atoms with van der Waals surface area (Å²) in [4.78, 5) is 2.20. The number of hydrogen-bond donors (Lipinski definition) is 0. The maximum atomic E-state index is 5.77. The lowest BCUT2D eigenvalue weighted by Crippen LogP contribution is -2.13. The Kier molecular flexibility index (Phi) is 5.99. The number of methoxy groups -OCH3 is 1. The summed E-state index contributed by atoms with van der Waals surface area (Å²) in [6.45, 7) is 5.16. The van der Waals surface area contributed by atoms with E-state index >= 15 is 0 Å². The fourth-order valence-corrected chi connectivity index (χ4v) is 1.82. The van der Waals surface area contributed by atoms with Gasteiger partial charge in [0, 0.05) is 0 Å². The Morgan fingerprint density at radius 2 is 1.89 bits per heavy atom. The number of aryl methyl sites for hydroxylation is 1. The van der Waals surface area contributed by atoms with E-state index in [0.29, 0.717) is 0 Å². The van der Waals surface area contributed by atoms with E-state index in [0.717, 1.165) is 30.9 Å². The zero-order valence-electron chi connectivity index (χ0n) is 12.2. The number of rotatable bonds is 7. The Labute approximate surface area is 111 Å². The lowest BCUT2D eigenvalue weighted by atomic mass is 10.1. The summed E-state index contributed by atoms with van der Waals surface area (Å²) < 4.78 is 11.1. The second kappa shape index (κ2) is 7.27. The molecule has 0 aliphatic rings. The molecule has 0 radical (unpaired) electrons. The number of benzene rings is 1. The molecule has 0 saturated carbocycles. The van der Waals surface area contributed by atoms with Gasteiger partial charge in [0.1, 0.15) is 0 Å². The summed E-state index contributed by atoms with van der Waals surface area (Å²) in [5.74, 6) is 1.65.